The van der Waals surface area contributed by atoms with E-state index in [1.54, 1.807) is 0 Å². The van der Waals surface area contributed by atoms with E-state index >= 15 is 0 Å². The lowest BCUT2D eigenvalue weighted by Gasteiger charge is -2.31. The van der Waals surface area contributed by atoms with Crippen LogP contribution < -0.4 is 5.32 Å². The average Bonchev–Trinajstić information content (AvgIpc) is 2.44. The molecule has 0 amide bonds. The molecule has 3 atom stereocenters. The molecule has 112 valence electrons. The van der Waals surface area contributed by atoms with Crippen molar-refractivity contribution in [3.05, 3.63) is 34.9 Å². The van der Waals surface area contributed by atoms with E-state index in [0.29, 0.717) is 24.5 Å². The van der Waals surface area contributed by atoms with E-state index in [9.17, 15) is 5.11 Å². The van der Waals surface area contributed by atoms with E-state index in [2.05, 4.69) is 44.3 Å². The van der Waals surface area contributed by atoms with Crippen molar-refractivity contribution in [1.29, 1.82) is 0 Å². The van der Waals surface area contributed by atoms with Crippen molar-refractivity contribution in [2.45, 2.75) is 52.5 Å². The van der Waals surface area contributed by atoms with Crippen LogP contribution in [0.5, 0.6) is 0 Å². The van der Waals surface area contributed by atoms with Crippen LogP contribution in [0.1, 0.15) is 55.3 Å². The fourth-order valence-electron chi connectivity index (χ4n) is 3.50. The zero-order valence-electron chi connectivity index (χ0n) is 13.2. The average molecular weight is 275 g/mol. The molecule has 20 heavy (non-hydrogen) atoms. The Balaban J connectivity index is 1.92. The molecule has 0 bridgehead atoms. The predicted molar refractivity (Wildman–Crippen MR) is 84.9 cm³/mol. The van der Waals surface area contributed by atoms with Crippen LogP contribution in [0.2, 0.25) is 0 Å². The van der Waals surface area contributed by atoms with Gasteiger partial charge in [0.1, 0.15) is 0 Å². The second kappa shape index (κ2) is 7.24. The van der Waals surface area contributed by atoms with Crippen molar-refractivity contribution >= 4 is 0 Å². The second-order valence-electron chi connectivity index (χ2n) is 6.54. The maximum absolute atomic E-state index is 9.49. The Bertz CT molecular complexity index is 409. The van der Waals surface area contributed by atoms with Crippen molar-refractivity contribution in [3.63, 3.8) is 0 Å². The number of benzene rings is 1. The smallest absolute Gasteiger partial charge is 0.0462 e. The summed E-state index contributed by atoms with van der Waals surface area (Å²) in [4.78, 5) is 0. The van der Waals surface area contributed by atoms with Gasteiger partial charge in [-0.05, 0) is 57.6 Å². The van der Waals surface area contributed by atoms with E-state index < -0.39 is 0 Å². The van der Waals surface area contributed by atoms with E-state index in [1.807, 2.05) is 0 Å². The minimum absolute atomic E-state index is 0.351. The molecular formula is C18H29NO. The predicted octanol–water partition coefficient (Wildman–Crippen LogP) is 3.75. The molecule has 0 saturated heterocycles. The van der Waals surface area contributed by atoms with Crippen molar-refractivity contribution in [3.8, 4) is 0 Å². The summed E-state index contributed by atoms with van der Waals surface area (Å²) >= 11 is 0. The summed E-state index contributed by atoms with van der Waals surface area (Å²) in [6, 6.07) is 7.15. The highest BCUT2D eigenvalue weighted by Gasteiger charge is 2.24. The summed E-state index contributed by atoms with van der Waals surface area (Å²) in [5.41, 5.74) is 4.04. The minimum Gasteiger partial charge on any atom is -0.396 e. The van der Waals surface area contributed by atoms with Crippen LogP contribution in [-0.4, -0.2) is 18.3 Å². The molecule has 0 aliphatic heterocycles. The Morgan fingerprint density at radius 2 is 1.70 bits per heavy atom. The van der Waals surface area contributed by atoms with Crippen molar-refractivity contribution in [2.24, 2.45) is 11.8 Å². The summed E-state index contributed by atoms with van der Waals surface area (Å²) in [5.74, 6) is 1.14. The van der Waals surface area contributed by atoms with Crippen LogP contribution in [-0.2, 0) is 0 Å². The minimum atomic E-state index is 0.351. The number of hydrogen-bond donors (Lipinski definition) is 2. The lowest BCUT2D eigenvalue weighted by Crippen LogP contribution is -2.33. The number of aryl methyl sites for hydroxylation is 2. The lowest BCUT2D eigenvalue weighted by atomic mass is 9.79. The number of nitrogens with one attached hydrogen (secondary N) is 1. The first-order valence-corrected chi connectivity index (χ1v) is 8.02. The maximum Gasteiger partial charge on any atom is 0.0462 e. The molecule has 0 radical (unpaired) electrons. The molecule has 0 aromatic heterocycles. The molecule has 0 heterocycles. The number of aliphatic hydroxyl groups is 1. The fourth-order valence-corrected chi connectivity index (χ4v) is 3.50. The van der Waals surface area contributed by atoms with Gasteiger partial charge in [-0.25, -0.2) is 0 Å². The number of rotatable bonds is 5. The third-order valence-corrected chi connectivity index (χ3v) is 4.73. The van der Waals surface area contributed by atoms with E-state index in [-0.39, 0.29) is 0 Å². The fraction of sp³-hybridized carbons (Fsp3) is 0.667. The molecule has 2 heteroatoms. The van der Waals surface area contributed by atoms with Crippen LogP contribution in [0.15, 0.2) is 18.2 Å². The van der Waals surface area contributed by atoms with Gasteiger partial charge >= 0.3 is 0 Å². The normalized spacial score (nSPS) is 24.6. The summed E-state index contributed by atoms with van der Waals surface area (Å²) in [6.07, 6.45) is 5.06. The van der Waals surface area contributed by atoms with Gasteiger partial charge in [0.15, 0.2) is 0 Å². The van der Waals surface area contributed by atoms with E-state index in [0.717, 1.165) is 6.54 Å². The number of hydrogen-bond acceptors (Lipinski definition) is 2. The topological polar surface area (TPSA) is 32.3 Å². The number of aliphatic hydroxyl groups excluding tert-OH is 1. The van der Waals surface area contributed by atoms with Gasteiger partial charge in [0.05, 0.1) is 0 Å². The monoisotopic (exact) mass is 275 g/mol. The summed E-state index contributed by atoms with van der Waals surface area (Å²) in [5, 5.41) is 13.2. The largest absolute Gasteiger partial charge is 0.396 e. The van der Waals surface area contributed by atoms with Crippen LogP contribution in [0.25, 0.3) is 0 Å². The molecular weight excluding hydrogens is 246 g/mol. The second-order valence-corrected chi connectivity index (χ2v) is 6.54. The van der Waals surface area contributed by atoms with Crippen LogP contribution in [0.4, 0.5) is 0 Å². The third-order valence-electron chi connectivity index (χ3n) is 4.73. The molecule has 1 aromatic rings. The highest BCUT2D eigenvalue weighted by Crippen LogP contribution is 2.29. The zero-order valence-corrected chi connectivity index (χ0v) is 13.2. The first-order valence-electron chi connectivity index (χ1n) is 8.02. The third kappa shape index (κ3) is 4.07. The quantitative estimate of drug-likeness (QED) is 0.857. The van der Waals surface area contributed by atoms with Crippen LogP contribution in [0, 0.1) is 25.7 Å². The van der Waals surface area contributed by atoms with Gasteiger partial charge in [0, 0.05) is 12.6 Å². The standard InChI is InChI=1S/C18H29NO/c1-13-8-14(2)10-18(9-13)15(3)19-11-16-6-4-5-7-17(16)12-20/h8-10,15-17,19-20H,4-7,11-12H2,1-3H3. The molecule has 0 spiro atoms. The first kappa shape index (κ1) is 15.5. The molecule has 2 N–H and O–H groups in total. The summed E-state index contributed by atoms with van der Waals surface area (Å²) in [6.45, 7) is 7.94. The molecule has 2 nitrogen and oxygen atoms in total. The van der Waals surface area contributed by atoms with Crippen molar-refractivity contribution in [2.75, 3.05) is 13.2 Å². The maximum atomic E-state index is 9.49. The van der Waals surface area contributed by atoms with Gasteiger partial charge in [-0.15, -0.1) is 0 Å². The summed E-state index contributed by atoms with van der Waals surface area (Å²) < 4.78 is 0. The van der Waals surface area contributed by atoms with E-state index in [4.69, 9.17) is 0 Å². The molecule has 1 saturated carbocycles. The van der Waals surface area contributed by atoms with Gasteiger partial charge in [0.2, 0.25) is 0 Å². The van der Waals surface area contributed by atoms with Crippen molar-refractivity contribution in [1.82, 2.24) is 5.32 Å². The van der Waals surface area contributed by atoms with Gasteiger partial charge < -0.3 is 10.4 Å². The Morgan fingerprint density at radius 3 is 2.30 bits per heavy atom. The molecule has 2 rings (SSSR count). The molecule has 1 aliphatic carbocycles. The summed E-state index contributed by atoms with van der Waals surface area (Å²) in [7, 11) is 0. The van der Waals surface area contributed by atoms with Gasteiger partial charge in [0.25, 0.3) is 0 Å². The van der Waals surface area contributed by atoms with Crippen molar-refractivity contribution < 1.29 is 5.11 Å². The van der Waals surface area contributed by atoms with E-state index in [1.165, 1.54) is 42.4 Å². The molecule has 3 unspecified atom stereocenters. The van der Waals surface area contributed by atoms with Crippen LogP contribution in [0.3, 0.4) is 0 Å². The van der Waals surface area contributed by atoms with Crippen LogP contribution >= 0.6 is 0 Å². The SMILES string of the molecule is Cc1cc(C)cc(C(C)NCC2CCCCC2CO)c1. The highest BCUT2D eigenvalue weighted by molar-refractivity contribution is 5.30. The Hall–Kier alpha value is -0.860. The molecule has 1 fully saturated rings. The zero-order chi connectivity index (χ0) is 14.5. The Kier molecular flexibility index (Phi) is 5.62. The van der Waals surface area contributed by atoms with Gasteiger partial charge in [-0.3, -0.25) is 0 Å². The highest BCUT2D eigenvalue weighted by atomic mass is 16.3. The Morgan fingerprint density at radius 1 is 1.10 bits per heavy atom. The lowest BCUT2D eigenvalue weighted by molar-refractivity contribution is 0.131. The molecule has 1 aliphatic rings. The molecule has 1 aromatic carbocycles. The van der Waals surface area contributed by atoms with Gasteiger partial charge in [-0.1, -0.05) is 42.2 Å². The Labute approximate surface area is 123 Å². The van der Waals surface area contributed by atoms with Gasteiger partial charge in [-0.2, -0.15) is 0 Å². The first-order chi connectivity index (χ1) is 9.60.